The first kappa shape index (κ1) is 11.5. The molecular formula is C10H21N3O. The van der Waals surface area contributed by atoms with Gasteiger partial charge in [0, 0.05) is 32.2 Å². The number of nitrogens with two attached hydrogens (primary N) is 1. The molecule has 1 unspecified atom stereocenters. The molecule has 4 nitrogen and oxygen atoms in total. The fraction of sp³-hybridized carbons (Fsp3) is 0.900. The van der Waals surface area contributed by atoms with Crippen molar-refractivity contribution in [2.45, 2.75) is 26.3 Å². The Kier molecular flexibility index (Phi) is 4.35. The van der Waals surface area contributed by atoms with E-state index in [1.807, 2.05) is 4.90 Å². The zero-order valence-corrected chi connectivity index (χ0v) is 9.20. The average Bonchev–Trinajstić information content (AvgIpc) is 2.17. The molecule has 1 aliphatic heterocycles. The van der Waals surface area contributed by atoms with Gasteiger partial charge in [-0.05, 0) is 13.3 Å². The van der Waals surface area contributed by atoms with Crippen LogP contribution in [0, 0.1) is 0 Å². The summed E-state index contributed by atoms with van der Waals surface area (Å²) in [5, 5.41) is 0. The third-order valence-corrected chi connectivity index (χ3v) is 2.90. The molecule has 1 heterocycles. The van der Waals surface area contributed by atoms with E-state index >= 15 is 0 Å². The van der Waals surface area contributed by atoms with Crippen molar-refractivity contribution < 1.29 is 4.79 Å². The minimum absolute atomic E-state index is 0.249. The third kappa shape index (κ3) is 2.69. The second kappa shape index (κ2) is 5.32. The van der Waals surface area contributed by atoms with Crippen LogP contribution in [-0.4, -0.2) is 54.5 Å². The van der Waals surface area contributed by atoms with Crippen molar-refractivity contribution in [3.05, 3.63) is 0 Å². The molecule has 1 saturated heterocycles. The smallest absolute Gasteiger partial charge is 0.237 e. The van der Waals surface area contributed by atoms with E-state index in [4.69, 9.17) is 5.73 Å². The van der Waals surface area contributed by atoms with Gasteiger partial charge in [0.05, 0.1) is 6.54 Å². The summed E-state index contributed by atoms with van der Waals surface area (Å²) in [4.78, 5) is 15.8. The molecule has 0 bridgehead atoms. The average molecular weight is 199 g/mol. The molecule has 2 N–H and O–H groups in total. The van der Waals surface area contributed by atoms with E-state index in [1.54, 1.807) is 0 Å². The van der Waals surface area contributed by atoms with Gasteiger partial charge in [0.15, 0.2) is 0 Å². The van der Waals surface area contributed by atoms with Gasteiger partial charge in [-0.25, -0.2) is 0 Å². The highest BCUT2D eigenvalue weighted by atomic mass is 16.2. The summed E-state index contributed by atoms with van der Waals surface area (Å²) in [6, 6.07) is 0.377. The molecule has 0 radical (unpaired) electrons. The predicted octanol–water partition coefficient (Wildman–Crippen LogP) is -0.112. The molecule has 82 valence electrons. The van der Waals surface area contributed by atoms with Crippen LogP contribution in [0.15, 0.2) is 0 Å². The van der Waals surface area contributed by atoms with E-state index in [1.165, 1.54) is 0 Å². The van der Waals surface area contributed by atoms with E-state index < -0.39 is 0 Å². The van der Waals surface area contributed by atoms with Crippen LogP contribution >= 0.6 is 0 Å². The van der Waals surface area contributed by atoms with Crippen LogP contribution in [0.4, 0.5) is 0 Å². The van der Waals surface area contributed by atoms with E-state index in [0.717, 1.165) is 26.1 Å². The van der Waals surface area contributed by atoms with Crippen LogP contribution in [0.1, 0.15) is 20.3 Å². The molecule has 1 aliphatic rings. The summed E-state index contributed by atoms with van der Waals surface area (Å²) in [7, 11) is 0. The number of nitrogens with zero attached hydrogens (tertiary/aromatic N) is 2. The molecule has 0 saturated carbocycles. The van der Waals surface area contributed by atoms with Crippen molar-refractivity contribution in [2.75, 3.05) is 32.7 Å². The van der Waals surface area contributed by atoms with Crippen molar-refractivity contribution >= 4 is 5.91 Å². The number of carbonyl (C=O) groups is 1. The maximum absolute atomic E-state index is 11.7. The highest BCUT2D eigenvalue weighted by Gasteiger charge is 2.25. The van der Waals surface area contributed by atoms with Crippen LogP contribution < -0.4 is 5.73 Å². The number of amides is 1. The van der Waals surface area contributed by atoms with E-state index in [9.17, 15) is 4.79 Å². The zero-order chi connectivity index (χ0) is 10.6. The Bertz CT molecular complexity index is 196. The highest BCUT2D eigenvalue weighted by molar-refractivity contribution is 5.79. The standard InChI is InChI=1S/C10H21N3O/c1-3-9(2)13-7-6-12(5-4-11)8-10(13)14/h9H,3-8,11H2,1-2H3. The van der Waals surface area contributed by atoms with Crippen molar-refractivity contribution in [3.8, 4) is 0 Å². The Labute approximate surface area is 86.0 Å². The molecule has 0 aromatic heterocycles. The van der Waals surface area contributed by atoms with Gasteiger partial charge < -0.3 is 10.6 Å². The second-order valence-corrected chi connectivity index (χ2v) is 3.91. The molecule has 1 atom stereocenters. The maximum atomic E-state index is 11.7. The summed E-state index contributed by atoms with van der Waals surface area (Å²) in [6.45, 7) is 8.06. The molecule has 4 heteroatoms. The Morgan fingerprint density at radius 2 is 2.21 bits per heavy atom. The Hall–Kier alpha value is -0.610. The largest absolute Gasteiger partial charge is 0.338 e. The van der Waals surface area contributed by atoms with Gasteiger partial charge in [-0.1, -0.05) is 6.92 Å². The van der Waals surface area contributed by atoms with Crippen molar-refractivity contribution in [1.82, 2.24) is 9.80 Å². The Morgan fingerprint density at radius 1 is 1.50 bits per heavy atom. The molecule has 14 heavy (non-hydrogen) atoms. The van der Waals surface area contributed by atoms with E-state index in [2.05, 4.69) is 18.7 Å². The number of carbonyl (C=O) groups excluding carboxylic acids is 1. The summed E-state index contributed by atoms with van der Waals surface area (Å²) in [6.07, 6.45) is 1.03. The topological polar surface area (TPSA) is 49.6 Å². The normalized spacial score (nSPS) is 21.4. The SMILES string of the molecule is CCC(C)N1CCN(CCN)CC1=O. The lowest BCUT2D eigenvalue weighted by molar-refractivity contribution is -0.138. The number of hydrogen-bond acceptors (Lipinski definition) is 3. The third-order valence-electron chi connectivity index (χ3n) is 2.90. The second-order valence-electron chi connectivity index (χ2n) is 3.91. The zero-order valence-electron chi connectivity index (χ0n) is 9.20. The quantitative estimate of drug-likeness (QED) is 0.687. The molecule has 0 aromatic rings. The summed E-state index contributed by atoms with van der Waals surface area (Å²) in [5.41, 5.74) is 5.46. The number of piperazine rings is 1. The van der Waals surface area contributed by atoms with Gasteiger partial charge in [-0.2, -0.15) is 0 Å². The van der Waals surface area contributed by atoms with Crippen molar-refractivity contribution in [2.24, 2.45) is 5.73 Å². The fourth-order valence-electron chi connectivity index (χ4n) is 1.80. The van der Waals surface area contributed by atoms with Gasteiger partial charge in [-0.15, -0.1) is 0 Å². The lowest BCUT2D eigenvalue weighted by atomic mass is 10.2. The Balaban J connectivity index is 2.43. The Morgan fingerprint density at radius 3 is 2.71 bits per heavy atom. The van der Waals surface area contributed by atoms with Gasteiger partial charge in [-0.3, -0.25) is 9.69 Å². The lowest BCUT2D eigenvalue weighted by Gasteiger charge is -2.37. The molecule has 1 fully saturated rings. The van der Waals surface area contributed by atoms with Gasteiger partial charge >= 0.3 is 0 Å². The monoisotopic (exact) mass is 199 g/mol. The van der Waals surface area contributed by atoms with Gasteiger partial charge in [0.2, 0.25) is 5.91 Å². The van der Waals surface area contributed by atoms with Crippen LogP contribution in [0.25, 0.3) is 0 Å². The first-order valence-corrected chi connectivity index (χ1v) is 5.41. The first-order valence-electron chi connectivity index (χ1n) is 5.41. The minimum atomic E-state index is 0.249. The van der Waals surface area contributed by atoms with Crippen LogP contribution in [0.5, 0.6) is 0 Å². The molecule has 0 aromatic carbocycles. The van der Waals surface area contributed by atoms with Gasteiger partial charge in [0.1, 0.15) is 0 Å². The summed E-state index contributed by atoms with van der Waals surface area (Å²) >= 11 is 0. The lowest BCUT2D eigenvalue weighted by Crippen LogP contribution is -2.53. The molecule has 1 amide bonds. The minimum Gasteiger partial charge on any atom is -0.338 e. The number of hydrogen-bond donors (Lipinski definition) is 1. The maximum Gasteiger partial charge on any atom is 0.237 e. The molecule has 1 rings (SSSR count). The van der Waals surface area contributed by atoms with Crippen LogP contribution in [0.3, 0.4) is 0 Å². The van der Waals surface area contributed by atoms with Crippen molar-refractivity contribution in [3.63, 3.8) is 0 Å². The van der Waals surface area contributed by atoms with E-state index in [-0.39, 0.29) is 5.91 Å². The molecule has 0 spiro atoms. The van der Waals surface area contributed by atoms with Crippen LogP contribution in [0.2, 0.25) is 0 Å². The summed E-state index contributed by atoms with van der Waals surface area (Å²) < 4.78 is 0. The van der Waals surface area contributed by atoms with Crippen LogP contribution in [-0.2, 0) is 4.79 Å². The van der Waals surface area contributed by atoms with Gasteiger partial charge in [0.25, 0.3) is 0 Å². The number of rotatable bonds is 4. The summed E-state index contributed by atoms with van der Waals surface area (Å²) in [5.74, 6) is 0.249. The first-order chi connectivity index (χ1) is 6.69. The predicted molar refractivity (Wildman–Crippen MR) is 57.0 cm³/mol. The van der Waals surface area contributed by atoms with E-state index in [0.29, 0.717) is 19.1 Å². The molecule has 0 aliphatic carbocycles. The highest BCUT2D eigenvalue weighted by Crippen LogP contribution is 2.09. The fourth-order valence-corrected chi connectivity index (χ4v) is 1.80. The molecular weight excluding hydrogens is 178 g/mol. The van der Waals surface area contributed by atoms with Crippen molar-refractivity contribution in [1.29, 1.82) is 0 Å².